The third-order valence-electron chi connectivity index (χ3n) is 4.98. The molecule has 0 amide bonds. The van der Waals surface area contributed by atoms with E-state index in [9.17, 15) is 9.90 Å². The van der Waals surface area contributed by atoms with Gasteiger partial charge in [0.15, 0.2) is 0 Å². The fourth-order valence-electron chi connectivity index (χ4n) is 3.61. The molecule has 0 aromatic carbocycles. The lowest BCUT2D eigenvalue weighted by Crippen LogP contribution is -2.53. The first-order chi connectivity index (χ1) is 9.56. The number of carboxylic acids is 1. The van der Waals surface area contributed by atoms with Crippen molar-refractivity contribution in [3.05, 3.63) is 0 Å². The van der Waals surface area contributed by atoms with E-state index in [-0.39, 0.29) is 5.92 Å². The maximum atomic E-state index is 11.3. The van der Waals surface area contributed by atoms with Crippen LogP contribution in [0.2, 0.25) is 0 Å². The number of nitrogens with zero attached hydrogens (tertiary/aromatic N) is 1. The van der Waals surface area contributed by atoms with E-state index in [1.54, 1.807) is 0 Å². The molecule has 1 saturated carbocycles. The van der Waals surface area contributed by atoms with Crippen molar-refractivity contribution in [1.29, 1.82) is 0 Å². The lowest BCUT2D eigenvalue weighted by molar-refractivity contribution is -0.144. The van der Waals surface area contributed by atoms with Crippen molar-refractivity contribution in [3.8, 4) is 0 Å². The zero-order valence-electron chi connectivity index (χ0n) is 13.0. The number of nitrogens with one attached hydrogen (secondary N) is 1. The van der Waals surface area contributed by atoms with E-state index in [4.69, 9.17) is 0 Å². The number of carbonyl (C=O) groups is 1. The number of piperidine rings is 1. The highest BCUT2D eigenvalue weighted by Gasteiger charge is 2.32. The van der Waals surface area contributed by atoms with Crippen molar-refractivity contribution in [3.63, 3.8) is 0 Å². The summed E-state index contributed by atoms with van der Waals surface area (Å²) >= 11 is 0. The molecular weight excluding hydrogens is 252 g/mol. The van der Waals surface area contributed by atoms with E-state index in [1.807, 2.05) is 0 Å². The molecule has 4 heteroatoms. The Morgan fingerprint density at radius 3 is 2.55 bits per heavy atom. The molecule has 2 N–H and O–H groups in total. The summed E-state index contributed by atoms with van der Waals surface area (Å²) in [5.74, 6) is -0.0451. The topological polar surface area (TPSA) is 52.6 Å². The van der Waals surface area contributed by atoms with Gasteiger partial charge in [0, 0.05) is 25.2 Å². The van der Waals surface area contributed by atoms with Crippen molar-refractivity contribution < 1.29 is 9.90 Å². The largest absolute Gasteiger partial charge is 0.481 e. The maximum Gasteiger partial charge on any atom is 0.307 e. The van der Waals surface area contributed by atoms with E-state index >= 15 is 0 Å². The molecule has 2 rings (SSSR count). The molecule has 2 atom stereocenters. The Hall–Kier alpha value is -0.610. The van der Waals surface area contributed by atoms with Gasteiger partial charge < -0.3 is 10.4 Å². The monoisotopic (exact) mass is 282 g/mol. The second kappa shape index (κ2) is 7.41. The van der Waals surface area contributed by atoms with Crippen molar-refractivity contribution >= 4 is 5.97 Å². The standard InChI is InChI=1S/C16H30N2O2/c1-12(2)18-10-14(16(19)20)8-15(11-18)17-9-13-6-4-3-5-7-13/h12-15,17H,3-11H2,1-2H3,(H,19,20). The summed E-state index contributed by atoms with van der Waals surface area (Å²) in [6.07, 6.45) is 7.60. The highest BCUT2D eigenvalue weighted by molar-refractivity contribution is 5.70. The number of aliphatic carboxylic acids is 1. The van der Waals surface area contributed by atoms with Gasteiger partial charge in [-0.3, -0.25) is 9.69 Å². The molecule has 0 aromatic rings. The molecule has 0 bridgehead atoms. The van der Waals surface area contributed by atoms with E-state index < -0.39 is 5.97 Å². The molecule has 1 aliphatic heterocycles. The van der Waals surface area contributed by atoms with Gasteiger partial charge in [0.25, 0.3) is 0 Å². The molecule has 1 saturated heterocycles. The summed E-state index contributed by atoms with van der Waals surface area (Å²) in [5.41, 5.74) is 0. The average molecular weight is 282 g/mol. The van der Waals surface area contributed by atoms with Gasteiger partial charge in [-0.15, -0.1) is 0 Å². The normalized spacial score (nSPS) is 29.8. The first-order valence-corrected chi connectivity index (χ1v) is 8.26. The minimum atomic E-state index is -0.639. The van der Waals surface area contributed by atoms with Crippen LogP contribution in [0.4, 0.5) is 0 Å². The molecule has 4 nitrogen and oxygen atoms in total. The van der Waals surface area contributed by atoms with E-state index in [0.29, 0.717) is 18.6 Å². The van der Waals surface area contributed by atoms with E-state index in [2.05, 4.69) is 24.1 Å². The van der Waals surface area contributed by atoms with Gasteiger partial charge in [-0.1, -0.05) is 19.3 Å². The molecule has 1 heterocycles. The number of likely N-dealkylation sites (tertiary alicyclic amines) is 1. The average Bonchev–Trinajstić information content (AvgIpc) is 2.45. The summed E-state index contributed by atoms with van der Waals surface area (Å²) in [5, 5.41) is 13.0. The number of rotatable bonds is 5. The molecule has 0 radical (unpaired) electrons. The number of carboxylic acid groups (broad SMARTS) is 1. The van der Waals surface area contributed by atoms with E-state index in [1.165, 1.54) is 32.1 Å². The second-order valence-electron chi connectivity index (χ2n) is 6.93. The molecular formula is C16H30N2O2. The smallest absolute Gasteiger partial charge is 0.307 e. The van der Waals surface area contributed by atoms with Crippen LogP contribution in [0.1, 0.15) is 52.4 Å². The SMILES string of the molecule is CC(C)N1CC(NCC2CCCCC2)CC(C(=O)O)C1. The molecule has 0 aromatic heterocycles. The van der Waals surface area contributed by atoms with Crippen LogP contribution in [0.3, 0.4) is 0 Å². The Labute approximate surface area is 122 Å². The van der Waals surface area contributed by atoms with Gasteiger partial charge in [-0.2, -0.15) is 0 Å². The zero-order chi connectivity index (χ0) is 14.5. The van der Waals surface area contributed by atoms with Crippen LogP contribution in [0.15, 0.2) is 0 Å². The third kappa shape index (κ3) is 4.45. The Bertz CT molecular complexity index is 314. The molecule has 1 aliphatic carbocycles. The fraction of sp³-hybridized carbons (Fsp3) is 0.938. The minimum absolute atomic E-state index is 0.213. The van der Waals surface area contributed by atoms with Crippen molar-refractivity contribution in [2.45, 2.75) is 64.5 Å². The van der Waals surface area contributed by atoms with Gasteiger partial charge in [-0.25, -0.2) is 0 Å². The molecule has 2 fully saturated rings. The first-order valence-electron chi connectivity index (χ1n) is 8.26. The lowest BCUT2D eigenvalue weighted by atomic mass is 9.88. The Morgan fingerprint density at radius 1 is 1.25 bits per heavy atom. The third-order valence-corrected chi connectivity index (χ3v) is 4.98. The first kappa shape index (κ1) is 15.8. The lowest BCUT2D eigenvalue weighted by Gasteiger charge is -2.39. The van der Waals surface area contributed by atoms with Crippen LogP contribution >= 0.6 is 0 Å². The Kier molecular flexibility index (Phi) is 5.85. The summed E-state index contributed by atoms with van der Waals surface area (Å²) in [6.45, 7) is 7.08. The minimum Gasteiger partial charge on any atom is -0.481 e. The van der Waals surface area contributed by atoms with Gasteiger partial charge >= 0.3 is 5.97 Å². The van der Waals surface area contributed by atoms with Crippen molar-refractivity contribution in [1.82, 2.24) is 10.2 Å². The fourth-order valence-corrected chi connectivity index (χ4v) is 3.61. The quantitative estimate of drug-likeness (QED) is 0.812. The van der Waals surface area contributed by atoms with Crippen LogP contribution in [-0.2, 0) is 4.79 Å². The molecule has 2 aliphatic rings. The van der Waals surface area contributed by atoms with Gasteiger partial charge in [0.2, 0.25) is 0 Å². The van der Waals surface area contributed by atoms with Gasteiger partial charge in [0.1, 0.15) is 0 Å². The summed E-state index contributed by atoms with van der Waals surface area (Å²) in [4.78, 5) is 13.6. The van der Waals surface area contributed by atoms with Gasteiger partial charge in [0.05, 0.1) is 5.92 Å². The van der Waals surface area contributed by atoms with Crippen LogP contribution < -0.4 is 5.32 Å². The van der Waals surface area contributed by atoms with Crippen molar-refractivity contribution in [2.24, 2.45) is 11.8 Å². The highest BCUT2D eigenvalue weighted by Crippen LogP contribution is 2.24. The molecule has 0 spiro atoms. The Morgan fingerprint density at radius 2 is 1.95 bits per heavy atom. The summed E-state index contributed by atoms with van der Waals surface area (Å²) in [7, 11) is 0. The summed E-state index contributed by atoms with van der Waals surface area (Å²) < 4.78 is 0. The molecule has 20 heavy (non-hydrogen) atoms. The molecule has 116 valence electrons. The van der Waals surface area contributed by atoms with Crippen LogP contribution in [0.25, 0.3) is 0 Å². The maximum absolute atomic E-state index is 11.3. The van der Waals surface area contributed by atoms with E-state index in [0.717, 1.165) is 25.4 Å². The second-order valence-corrected chi connectivity index (χ2v) is 6.93. The highest BCUT2D eigenvalue weighted by atomic mass is 16.4. The van der Waals surface area contributed by atoms with Crippen molar-refractivity contribution in [2.75, 3.05) is 19.6 Å². The molecule has 2 unspecified atom stereocenters. The summed E-state index contributed by atoms with van der Waals surface area (Å²) in [6, 6.07) is 0.769. The predicted octanol–water partition coefficient (Wildman–Crippen LogP) is 2.34. The van der Waals surface area contributed by atoms with Gasteiger partial charge in [-0.05, 0) is 45.6 Å². The number of hydrogen-bond acceptors (Lipinski definition) is 3. The van der Waals surface area contributed by atoms with Crippen LogP contribution in [0, 0.1) is 11.8 Å². The van der Waals surface area contributed by atoms with Crippen LogP contribution in [0.5, 0.6) is 0 Å². The number of hydrogen-bond donors (Lipinski definition) is 2. The van der Waals surface area contributed by atoms with Crippen LogP contribution in [-0.4, -0.2) is 47.7 Å². The zero-order valence-corrected chi connectivity index (χ0v) is 13.0. The predicted molar refractivity (Wildman–Crippen MR) is 80.8 cm³/mol. The Balaban J connectivity index is 1.83.